The topological polar surface area (TPSA) is 101 Å². The van der Waals surface area contributed by atoms with Crippen LogP contribution in [0, 0.1) is 11.3 Å². The van der Waals surface area contributed by atoms with Crippen LogP contribution < -0.4 is 15.5 Å². The van der Waals surface area contributed by atoms with E-state index in [0.717, 1.165) is 16.0 Å². The van der Waals surface area contributed by atoms with Gasteiger partial charge in [0.15, 0.2) is 0 Å². The second kappa shape index (κ2) is 12.6. The molecule has 0 spiro atoms. The molecule has 0 bridgehead atoms. The molecule has 0 aliphatic carbocycles. The molecule has 1 aliphatic heterocycles. The van der Waals surface area contributed by atoms with Gasteiger partial charge in [-0.05, 0) is 41.3 Å². The molecule has 4 rings (SSSR count). The number of rotatable bonds is 9. The Bertz CT molecular complexity index is 1340. The van der Waals surface area contributed by atoms with Crippen molar-refractivity contribution in [2.45, 2.75) is 25.1 Å². The summed E-state index contributed by atoms with van der Waals surface area (Å²) < 4.78 is 38.0. The normalized spacial score (nSPS) is 15.3. The van der Waals surface area contributed by atoms with E-state index in [1.54, 1.807) is 29.2 Å². The van der Waals surface area contributed by atoms with Crippen LogP contribution in [-0.2, 0) is 9.59 Å². The van der Waals surface area contributed by atoms with Crippen molar-refractivity contribution in [1.29, 1.82) is 5.26 Å². The lowest BCUT2D eigenvalue weighted by Gasteiger charge is -2.35. The van der Waals surface area contributed by atoms with Crippen LogP contribution in [0.1, 0.15) is 35.6 Å². The maximum Gasteiger partial charge on any atom is 0.406 e. The predicted molar refractivity (Wildman–Crippen MR) is 144 cm³/mol. The van der Waals surface area contributed by atoms with E-state index in [9.17, 15) is 22.8 Å². The van der Waals surface area contributed by atoms with Crippen LogP contribution in [0.25, 0.3) is 0 Å². The molecule has 1 saturated heterocycles. The lowest BCUT2D eigenvalue weighted by Crippen LogP contribution is -2.53. The molecule has 1 aliphatic rings. The summed E-state index contributed by atoms with van der Waals surface area (Å²) in [5.41, 5.74) is 2.97. The molecule has 0 radical (unpaired) electrons. The molecule has 1 unspecified atom stereocenters. The van der Waals surface area contributed by atoms with Crippen molar-refractivity contribution in [2.24, 2.45) is 0 Å². The number of nitrogens with zero attached hydrogens (tertiary/aromatic N) is 4. The van der Waals surface area contributed by atoms with Crippen molar-refractivity contribution in [3.8, 4) is 6.07 Å². The Kier molecular flexibility index (Phi) is 9.01. The molecule has 2 amide bonds. The molecule has 2 atom stereocenters. The Labute approximate surface area is 230 Å². The van der Waals surface area contributed by atoms with Gasteiger partial charge in [-0.15, -0.1) is 0 Å². The van der Waals surface area contributed by atoms with Crippen LogP contribution >= 0.6 is 0 Å². The van der Waals surface area contributed by atoms with Gasteiger partial charge in [0.05, 0.1) is 30.1 Å². The highest BCUT2D eigenvalue weighted by Crippen LogP contribution is 2.23. The minimum atomic E-state index is -4.44. The second-order valence-electron chi connectivity index (χ2n) is 9.63. The Hall–Kier alpha value is -4.43. The van der Waals surface area contributed by atoms with Gasteiger partial charge in [0.2, 0.25) is 11.8 Å². The number of aromatic nitrogens is 1. The van der Waals surface area contributed by atoms with Gasteiger partial charge in [0.1, 0.15) is 18.4 Å². The highest BCUT2D eigenvalue weighted by Gasteiger charge is 2.35. The van der Waals surface area contributed by atoms with Gasteiger partial charge < -0.3 is 20.4 Å². The maximum atomic E-state index is 13.3. The van der Waals surface area contributed by atoms with Gasteiger partial charge in [-0.1, -0.05) is 49.4 Å². The maximum absolute atomic E-state index is 13.3. The first-order chi connectivity index (χ1) is 19.1. The molecule has 1 fully saturated rings. The largest absolute Gasteiger partial charge is 0.406 e. The number of halogens is 3. The molecular formula is C29H29F3N6O2. The van der Waals surface area contributed by atoms with Crippen molar-refractivity contribution < 1.29 is 22.8 Å². The second-order valence-corrected chi connectivity index (χ2v) is 9.63. The lowest BCUT2D eigenvalue weighted by molar-refractivity contribution is -0.161. The van der Waals surface area contributed by atoms with Crippen LogP contribution in [0.2, 0.25) is 0 Å². The Morgan fingerprint density at radius 1 is 1.05 bits per heavy atom. The zero-order valence-corrected chi connectivity index (χ0v) is 21.9. The van der Waals surface area contributed by atoms with Gasteiger partial charge in [-0.2, -0.15) is 18.4 Å². The number of nitrogens with one attached hydrogen (secondary N) is 2. The van der Waals surface area contributed by atoms with Crippen molar-refractivity contribution in [1.82, 2.24) is 15.2 Å². The van der Waals surface area contributed by atoms with Gasteiger partial charge >= 0.3 is 6.18 Å². The van der Waals surface area contributed by atoms with Crippen LogP contribution in [0.5, 0.6) is 0 Å². The van der Waals surface area contributed by atoms with E-state index >= 15 is 0 Å². The van der Waals surface area contributed by atoms with Crippen molar-refractivity contribution in [3.63, 3.8) is 0 Å². The number of hydrogen-bond donors (Lipinski definition) is 2. The molecule has 8 nitrogen and oxygen atoms in total. The van der Waals surface area contributed by atoms with E-state index in [-0.39, 0.29) is 31.5 Å². The fourth-order valence-corrected chi connectivity index (χ4v) is 4.46. The zero-order valence-electron chi connectivity index (χ0n) is 21.9. The number of carbonyl (C=O) groups is 2. The number of amides is 2. The smallest absolute Gasteiger partial charge is 0.359 e. The van der Waals surface area contributed by atoms with E-state index in [0.29, 0.717) is 23.6 Å². The Morgan fingerprint density at radius 3 is 2.38 bits per heavy atom. The van der Waals surface area contributed by atoms with Crippen LogP contribution in [-0.4, -0.2) is 60.6 Å². The summed E-state index contributed by atoms with van der Waals surface area (Å²) in [7, 11) is 0. The molecule has 2 aromatic carbocycles. The monoisotopic (exact) mass is 550 g/mol. The number of hydrogen-bond acceptors (Lipinski definition) is 6. The SMILES string of the molecule is C[C@@H](CNC(C(=O)Nc1ccc(N2CCN(CC(F)(F)F)C(=O)C2)cn1)c1ccccc1)c1ccc(C#N)cc1. The summed E-state index contributed by atoms with van der Waals surface area (Å²) in [5, 5.41) is 15.2. The quantitative estimate of drug-likeness (QED) is 0.414. The van der Waals surface area contributed by atoms with Gasteiger partial charge in [-0.25, -0.2) is 4.98 Å². The minimum Gasteiger partial charge on any atom is -0.359 e. The van der Waals surface area contributed by atoms with Gasteiger partial charge in [0, 0.05) is 19.6 Å². The van der Waals surface area contributed by atoms with E-state index < -0.39 is 24.7 Å². The fourth-order valence-electron chi connectivity index (χ4n) is 4.46. The number of piperazine rings is 1. The van der Waals surface area contributed by atoms with Gasteiger partial charge in [-0.3, -0.25) is 9.59 Å². The molecule has 3 aromatic rings. The van der Waals surface area contributed by atoms with Gasteiger partial charge in [0.25, 0.3) is 0 Å². The summed E-state index contributed by atoms with van der Waals surface area (Å²) in [6.07, 6.45) is -2.95. The van der Waals surface area contributed by atoms with E-state index in [1.807, 2.05) is 49.4 Å². The van der Waals surface area contributed by atoms with E-state index in [2.05, 4.69) is 21.7 Å². The first-order valence-corrected chi connectivity index (χ1v) is 12.8. The number of alkyl halides is 3. The van der Waals surface area contributed by atoms with Crippen molar-refractivity contribution in [3.05, 3.63) is 89.6 Å². The molecule has 11 heteroatoms. The average molecular weight is 551 g/mol. The van der Waals surface area contributed by atoms with E-state index in [4.69, 9.17) is 5.26 Å². The molecule has 208 valence electrons. The minimum absolute atomic E-state index is 0.0395. The van der Waals surface area contributed by atoms with Crippen molar-refractivity contribution in [2.75, 3.05) is 42.9 Å². The zero-order chi connectivity index (χ0) is 28.7. The summed E-state index contributed by atoms with van der Waals surface area (Å²) >= 11 is 0. The number of benzene rings is 2. The summed E-state index contributed by atoms with van der Waals surface area (Å²) in [5.74, 6) is -0.537. The van der Waals surface area contributed by atoms with E-state index in [1.165, 1.54) is 6.20 Å². The molecule has 1 aromatic heterocycles. The number of nitriles is 1. The molecule has 2 N–H and O–H groups in total. The Balaban J connectivity index is 1.39. The summed E-state index contributed by atoms with van der Waals surface area (Å²) in [4.78, 5) is 32.3. The third kappa shape index (κ3) is 7.57. The highest BCUT2D eigenvalue weighted by atomic mass is 19.4. The Morgan fingerprint density at radius 2 is 1.77 bits per heavy atom. The van der Waals surface area contributed by atoms with Crippen LogP contribution in [0.3, 0.4) is 0 Å². The molecule has 0 saturated carbocycles. The molecular weight excluding hydrogens is 521 g/mol. The van der Waals surface area contributed by atoms with Crippen LogP contribution in [0.15, 0.2) is 72.9 Å². The fraction of sp³-hybridized carbons (Fsp3) is 0.310. The average Bonchev–Trinajstić information content (AvgIpc) is 2.94. The summed E-state index contributed by atoms with van der Waals surface area (Å²) in [6, 6.07) is 21.3. The third-order valence-electron chi connectivity index (χ3n) is 6.69. The lowest BCUT2D eigenvalue weighted by atomic mass is 9.98. The number of anilines is 2. The predicted octanol–water partition coefficient (Wildman–Crippen LogP) is 4.24. The first kappa shape index (κ1) is 28.6. The number of pyridine rings is 1. The standard InChI is InChI=1S/C29H29F3N6O2/c1-20(22-9-7-21(15-33)8-10-22)16-35-27(23-5-3-2-4-6-23)28(40)36-25-12-11-24(17-34-25)37-13-14-38(26(39)18-37)19-29(30,31)32/h2-12,17,20,27,35H,13-14,16,18-19H2,1H3,(H,34,36,40)/t20-,27?/m0/s1. The molecule has 40 heavy (non-hydrogen) atoms. The number of carbonyl (C=O) groups excluding carboxylic acids is 2. The van der Waals surface area contributed by atoms with Crippen molar-refractivity contribution >= 4 is 23.3 Å². The first-order valence-electron chi connectivity index (χ1n) is 12.8. The third-order valence-corrected chi connectivity index (χ3v) is 6.69. The molecule has 2 heterocycles. The highest BCUT2D eigenvalue weighted by molar-refractivity contribution is 5.95. The summed E-state index contributed by atoms with van der Waals surface area (Å²) in [6.45, 7) is 1.29. The van der Waals surface area contributed by atoms with Crippen LogP contribution in [0.4, 0.5) is 24.7 Å².